The summed E-state index contributed by atoms with van der Waals surface area (Å²) in [5, 5.41) is 11.2. The van der Waals surface area contributed by atoms with Crippen molar-refractivity contribution in [2.75, 3.05) is 13.1 Å². The van der Waals surface area contributed by atoms with Crippen LogP contribution in [0.5, 0.6) is 0 Å². The fraction of sp³-hybridized carbons (Fsp3) is 0.429. The average Bonchev–Trinajstić information content (AvgIpc) is 2.68. The normalized spacial score (nSPS) is 24.2. The third kappa shape index (κ3) is 2.56. The molecule has 5 heteroatoms. The van der Waals surface area contributed by atoms with Crippen LogP contribution in [0.4, 0.5) is 0 Å². The monoisotopic (exact) mass is 277 g/mol. The minimum Gasteiger partial charge on any atom is -0.391 e. The van der Waals surface area contributed by atoms with Crippen LogP contribution < -0.4 is 0 Å². The van der Waals surface area contributed by atoms with E-state index in [4.69, 9.17) is 11.6 Å². The SMILES string of the molecule is C[C@H]1CN(Cc2cnc3c(Cl)nccc3c2)C[C@@H]1O. The highest BCUT2D eigenvalue weighted by Crippen LogP contribution is 2.22. The quantitative estimate of drug-likeness (QED) is 0.854. The Balaban J connectivity index is 1.82. The maximum Gasteiger partial charge on any atom is 0.155 e. The first-order chi connectivity index (χ1) is 9.13. The second kappa shape index (κ2) is 5.04. The zero-order valence-corrected chi connectivity index (χ0v) is 11.5. The molecule has 0 unspecified atom stereocenters. The van der Waals surface area contributed by atoms with Gasteiger partial charge in [0, 0.05) is 37.4 Å². The van der Waals surface area contributed by atoms with Gasteiger partial charge in [0.15, 0.2) is 5.15 Å². The summed E-state index contributed by atoms with van der Waals surface area (Å²) in [6, 6.07) is 4.00. The average molecular weight is 278 g/mol. The predicted octanol–water partition coefficient (Wildman–Crippen LogP) is 2.10. The lowest BCUT2D eigenvalue weighted by Crippen LogP contribution is -2.21. The highest BCUT2D eigenvalue weighted by atomic mass is 35.5. The van der Waals surface area contributed by atoms with Crippen LogP contribution >= 0.6 is 11.6 Å². The van der Waals surface area contributed by atoms with Crippen LogP contribution in [0.3, 0.4) is 0 Å². The number of aliphatic hydroxyl groups is 1. The molecule has 1 saturated heterocycles. The van der Waals surface area contributed by atoms with Gasteiger partial charge in [-0.2, -0.15) is 0 Å². The van der Waals surface area contributed by atoms with E-state index in [1.54, 1.807) is 6.20 Å². The zero-order valence-electron chi connectivity index (χ0n) is 10.8. The van der Waals surface area contributed by atoms with Crippen molar-refractivity contribution in [2.45, 2.75) is 19.6 Å². The molecule has 3 rings (SSSR count). The van der Waals surface area contributed by atoms with Gasteiger partial charge in [0.05, 0.1) is 6.10 Å². The maximum atomic E-state index is 9.77. The van der Waals surface area contributed by atoms with E-state index in [0.29, 0.717) is 11.1 Å². The fourth-order valence-corrected chi connectivity index (χ4v) is 2.81. The summed E-state index contributed by atoms with van der Waals surface area (Å²) >= 11 is 6.00. The first-order valence-corrected chi connectivity index (χ1v) is 6.81. The van der Waals surface area contributed by atoms with Gasteiger partial charge in [-0.15, -0.1) is 0 Å². The van der Waals surface area contributed by atoms with E-state index in [9.17, 15) is 5.11 Å². The Morgan fingerprint density at radius 1 is 1.42 bits per heavy atom. The summed E-state index contributed by atoms with van der Waals surface area (Å²) in [7, 11) is 0. The summed E-state index contributed by atoms with van der Waals surface area (Å²) in [5.74, 6) is 0.340. The molecule has 19 heavy (non-hydrogen) atoms. The highest BCUT2D eigenvalue weighted by Gasteiger charge is 2.27. The lowest BCUT2D eigenvalue weighted by Gasteiger charge is -2.15. The number of rotatable bonds is 2. The van der Waals surface area contributed by atoms with E-state index < -0.39 is 0 Å². The Morgan fingerprint density at radius 3 is 3.00 bits per heavy atom. The van der Waals surface area contributed by atoms with E-state index in [0.717, 1.165) is 36.1 Å². The number of aromatic nitrogens is 2. The molecule has 100 valence electrons. The number of β-amino-alcohol motifs (C(OH)–C–C–N with tert-alkyl or cyclic N) is 1. The molecule has 0 aromatic carbocycles. The first-order valence-electron chi connectivity index (χ1n) is 6.43. The smallest absolute Gasteiger partial charge is 0.155 e. The van der Waals surface area contributed by atoms with Crippen molar-refractivity contribution in [1.82, 2.24) is 14.9 Å². The van der Waals surface area contributed by atoms with Crippen molar-refractivity contribution in [3.8, 4) is 0 Å². The molecule has 0 amide bonds. The number of likely N-dealkylation sites (tertiary alicyclic amines) is 1. The largest absolute Gasteiger partial charge is 0.391 e. The Kier molecular flexibility index (Phi) is 3.39. The zero-order chi connectivity index (χ0) is 13.4. The Morgan fingerprint density at radius 2 is 2.26 bits per heavy atom. The molecule has 0 aliphatic carbocycles. The molecule has 0 spiro atoms. The number of aliphatic hydroxyl groups excluding tert-OH is 1. The summed E-state index contributed by atoms with van der Waals surface area (Å²) < 4.78 is 0. The Bertz CT molecular complexity index is 594. The van der Waals surface area contributed by atoms with E-state index in [2.05, 4.69) is 27.9 Å². The predicted molar refractivity (Wildman–Crippen MR) is 75.0 cm³/mol. The number of pyridine rings is 2. The van der Waals surface area contributed by atoms with Crippen molar-refractivity contribution >= 4 is 22.5 Å². The molecule has 1 N–H and O–H groups in total. The fourth-order valence-electron chi connectivity index (χ4n) is 2.59. The molecule has 2 aromatic rings. The molecule has 0 saturated carbocycles. The van der Waals surface area contributed by atoms with Crippen LogP contribution in [0.2, 0.25) is 5.15 Å². The third-order valence-corrected chi connectivity index (χ3v) is 3.94. The minimum absolute atomic E-state index is 0.216. The standard InChI is InChI=1S/C14H16ClN3O/c1-9-6-18(8-12(9)19)7-10-4-11-2-3-16-14(15)13(11)17-5-10/h2-5,9,12,19H,6-8H2,1H3/t9-,12-/m0/s1. The van der Waals surface area contributed by atoms with Crippen molar-refractivity contribution in [1.29, 1.82) is 0 Å². The van der Waals surface area contributed by atoms with E-state index in [1.165, 1.54) is 0 Å². The van der Waals surface area contributed by atoms with Crippen LogP contribution in [0.15, 0.2) is 24.5 Å². The van der Waals surface area contributed by atoms with Gasteiger partial charge in [0.1, 0.15) is 5.52 Å². The summed E-state index contributed by atoms with van der Waals surface area (Å²) in [4.78, 5) is 10.6. The maximum absolute atomic E-state index is 9.77. The number of nitrogens with zero attached hydrogens (tertiary/aromatic N) is 3. The van der Waals surface area contributed by atoms with E-state index in [-0.39, 0.29) is 6.10 Å². The molecule has 2 aromatic heterocycles. The molecule has 1 aliphatic heterocycles. The van der Waals surface area contributed by atoms with Crippen LogP contribution in [-0.4, -0.2) is 39.2 Å². The van der Waals surface area contributed by atoms with Gasteiger partial charge < -0.3 is 5.11 Å². The molecule has 0 radical (unpaired) electrons. The van der Waals surface area contributed by atoms with Gasteiger partial charge in [-0.05, 0) is 23.6 Å². The molecule has 3 heterocycles. The van der Waals surface area contributed by atoms with Crippen LogP contribution in [-0.2, 0) is 6.54 Å². The van der Waals surface area contributed by atoms with E-state index >= 15 is 0 Å². The van der Waals surface area contributed by atoms with Crippen LogP contribution in [0, 0.1) is 5.92 Å². The minimum atomic E-state index is -0.216. The topological polar surface area (TPSA) is 49.2 Å². The van der Waals surface area contributed by atoms with Crippen molar-refractivity contribution < 1.29 is 5.11 Å². The molecule has 1 fully saturated rings. The highest BCUT2D eigenvalue weighted by molar-refractivity contribution is 6.33. The number of fused-ring (bicyclic) bond motifs is 1. The van der Waals surface area contributed by atoms with Crippen molar-refractivity contribution in [3.63, 3.8) is 0 Å². The lowest BCUT2D eigenvalue weighted by atomic mass is 10.1. The van der Waals surface area contributed by atoms with Gasteiger partial charge in [0.2, 0.25) is 0 Å². The van der Waals surface area contributed by atoms with Gasteiger partial charge >= 0.3 is 0 Å². The van der Waals surface area contributed by atoms with Gasteiger partial charge in [-0.25, -0.2) is 4.98 Å². The molecule has 4 nitrogen and oxygen atoms in total. The molecule has 1 aliphatic rings. The number of halogens is 1. The Hall–Kier alpha value is -1.23. The lowest BCUT2D eigenvalue weighted by molar-refractivity contribution is 0.147. The summed E-state index contributed by atoms with van der Waals surface area (Å²) in [6.07, 6.45) is 3.32. The molecular formula is C14H16ClN3O. The summed E-state index contributed by atoms with van der Waals surface area (Å²) in [6.45, 7) is 4.55. The van der Waals surface area contributed by atoms with Crippen molar-refractivity contribution in [2.24, 2.45) is 5.92 Å². The first kappa shape index (κ1) is 12.8. The summed E-state index contributed by atoms with van der Waals surface area (Å²) in [5.41, 5.74) is 1.87. The van der Waals surface area contributed by atoms with E-state index in [1.807, 2.05) is 12.3 Å². The van der Waals surface area contributed by atoms with Crippen LogP contribution in [0.1, 0.15) is 12.5 Å². The Labute approximate surface area is 117 Å². The third-order valence-electron chi connectivity index (χ3n) is 3.67. The van der Waals surface area contributed by atoms with Gasteiger partial charge in [-0.3, -0.25) is 9.88 Å². The van der Waals surface area contributed by atoms with Gasteiger partial charge in [-0.1, -0.05) is 18.5 Å². The number of hydrogen-bond acceptors (Lipinski definition) is 4. The second-order valence-electron chi connectivity index (χ2n) is 5.26. The molecule has 0 bridgehead atoms. The molecule has 2 atom stereocenters. The van der Waals surface area contributed by atoms with Gasteiger partial charge in [0.25, 0.3) is 0 Å². The second-order valence-corrected chi connectivity index (χ2v) is 5.61. The number of hydrogen-bond donors (Lipinski definition) is 1. The van der Waals surface area contributed by atoms with Crippen LogP contribution in [0.25, 0.3) is 10.9 Å². The molecular weight excluding hydrogens is 262 g/mol. The van der Waals surface area contributed by atoms with Crippen molar-refractivity contribution in [3.05, 3.63) is 35.2 Å².